The second-order valence-corrected chi connectivity index (χ2v) is 15.0. The molecule has 54 heavy (non-hydrogen) atoms. The van der Waals surface area contributed by atoms with E-state index < -0.39 is 11.9 Å². The lowest BCUT2D eigenvalue weighted by Crippen LogP contribution is -2.45. The molecule has 3 aliphatic rings. The van der Waals surface area contributed by atoms with Crippen molar-refractivity contribution in [3.05, 3.63) is 77.1 Å². The summed E-state index contributed by atoms with van der Waals surface area (Å²) in [5.41, 5.74) is 4.08. The van der Waals surface area contributed by atoms with E-state index in [9.17, 15) is 19.2 Å². The van der Waals surface area contributed by atoms with Crippen molar-refractivity contribution in [2.45, 2.75) is 69.5 Å². The van der Waals surface area contributed by atoms with Crippen LogP contribution in [-0.2, 0) is 16.6 Å². The fourth-order valence-corrected chi connectivity index (χ4v) is 8.81. The Morgan fingerprint density at radius 2 is 1.80 bits per heavy atom. The molecule has 2 N–H and O–H groups in total. The minimum Gasteiger partial charge on any atom is -0.494 e. The molecule has 3 aromatic heterocycles. The number of rotatable bonds is 9. The van der Waals surface area contributed by atoms with Crippen LogP contribution in [0.1, 0.15) is 73.9 Å². The van der Waals surface area contributed by atoms with Crippen molar-refractivity contribution in [1.82, 2.24) is 34.1 Å². The van der Waals surface area contributed by atoms with Gasteiger partial charge in [0.05, 0.1) is 41.1 Å². The van der Waals surface area contributed by atoms with Crippen molar-refractivity contribution in [1.29, 1.82) is 0 Å². The zero-order chi connectivity index (χ0) is 37.5. The van der Waals surface area contributed by atoms with Gasteiger partial charge < -0.3 is 19.9 Å². The van der Waals surface area contributed by atoms with E-state index in [2.05, 4.69) is 49.4 Å². The van der Waals surface area contributed by atoms with Crippen molar-refractivity contribution in [3.63, 3.8) is 0 Å². The van der Waals surface area contributed by atoms with Crippen LogP contribution >= 0.6 is 0 Å². The topological polar surface area (TPSA) is 149 Å². The van der Waals surface area contributed by atoms with E-state index in [0.717, 1.165) is 85.8 Å². The molecule has 0 spiro atoms. The van der Waals surface area contributed by atoms with Crippen LogP contribution in [0.5, 0.6) is 5.75 Å². The zero-order valence-electron chi connectivity index (χ0n) is 31.0. The number of methoxy groups -OCH3 is 1. The van der Waals surface area contributed by atoms with Gasteiger partial charge in [0, 0.05) is 63.0 Å². The number of amides is 3. The quantitative estimate of drug-likeness (QED) is 0.207. The maximum atomic E-state index is 13.4. The highest BCUT2D eigenvalue weighted by Gasteiger charge is 2.33. The van der Waals surface area contributed by atoms with Gasteiger partial charge in [-0.05, 0) is 88.2 Å². The summed E-state index contributed by atoms with van der Waals surface area (Å²) in [5.74, 6) is 0.176. The van der Waals surface area contributed by atoms with Crippen molar-refractivity contribution >= 4 is 51.0 Å². The summed E-state index contributed by atoms with van der Waals surface area (Å²) >= 11 is 0. The van der Waals surface area contributed by atoms with Crippen molar-refractivity contribution < 1.29 is 19.1 Å². The van der Waals surface area contributed by atoms with Crippen LogP contribution in [0.25, 0.3) is 21.9 Å². The number of nitrogens with zero attached hydrogens (tertiary/aromatic N) is 7. The first-order chi connectivity index (χ1) is 26.2. The van der Waals surface area contributed by atoms with E-state index in [4.69, 9.17) is 9.84 Å². The van der Waals surface area contributed by atoms with Gasteiger partial charge in [-0.3, -0.25) is 38.5 Å². The predicted octanol–water partition coefficient (Wildman–Crippen LogP) is 4.66. The van der Waals surface area contributed by atoms with E-state index in [1.165, 1.54) is 0 Å². The number of carbonyl (C=O) groups excluding carboxylic acids is 3. The molecule has 1 aliphatic carbocycles. The molecule has 282 valence electrons. The minimum absolute atomic E-state index is 0.220. The summed E-state index contributed by atoms with van der Waals surface area (Å²) < 4.78 is 10.9. The average molecular weight is 734 g/mol. The molecule has 0 radical (unpaired) electrons. The van der Waals surface area contributed by atoms with Gasteiger partial charge in [0.2, 0.25) is 11.8 Å². The van der Waals surface area contributed by atoms with Crippen LogP contribution in [0, 0.1) is 5.92 Å². The molecular formula is C40H47N9O5. The number of anilines is 2. The number of hydrogen-bond donors (Lipinski definition) is 2. The number of imide groups is 1. The number of imidazole rings is 1. The summed E-state index contributed by atoms with van der Waals surface area (Å²) in [5, 5.41) is 11.2. The monoisotopic (exact) mass is 733 g/mol. The number of ether oxygens (including phenoxy) is 1. The van der Waals surface area contributed by atoms with Crippen molar-refractivity contribution in [2.24, 2.45) is 13.0 Å². The Kier molecular flexibility index (Phi) is 9.69. The third-order valence-electron chi connectivity index (χ3n) is 11.8. The first-order valence-electron chi connectivity index (χ1n) is 19.0. The fraction of sp³-hybridized carbons (Fsp3) is 0.450. The highest BCUT2D eigenvalue weighted by atomic mass is 16.5. The van der Waals surface area contributed by atoms with Crippen LogP contribution < -0.4 is 26.0 Å². The molecule has 1 saturated carbocycles. The number of aryl methyl sites for hydroxylation is 1. The second kappa shape index (κ2) is 14.7. The molecule has 14 nitrogen and oxygen atoms in total. The lowest BCUT2D eigenvalue weighted by atomic mass is 9.85. The molecule has 0 bridgehead atoms. The number of aromatic nitrogens is 5. The normalized spacial score (nSPS) is 21.2. The van der Waals surface area contributed by atoms with Gasteiger partial charge in [-0.15, -0.1) is 0 Å². The largest absolute Gasteiger partial charge is 0.494 e. The van der Waals surface area contributed by atoms with E-state index in [-0.39, 0.29) is 23.9 Å². The minimum atomic E-state index is -0.695. The van der Waals surface area contributed by atoms with Crippen LogP contribution in [-0.4, -0.2) is 86.4 Å². The number of piperidine rings is 2. The van der Waals surface area contributed by atoms with Crippen LogP contribution in [0.3, 0.4) is 0 Å². The van der Waals surface area contributed by atoms with Gasteiger partial charge in [-0.1, -0.05) is 12.1 Å². The lowest BCUT2D eigenvalue weighted by Gasteiger charge is -2.40. The van der Waals surface area contributed by atoms with Gasteiger partial charge in [0.25, 0.3) is 5.91 Å². The summed E-state index contributed by atoms with van der Waals surface area (Å²) in [6.45, 7) is 2.82. The van der Waals surface area contributed by atoms with E-state index in [0.29, 0.717) is 41.6 Å². The molecule has 1 atom stereocenters. The Balaban J connectivity index is 0.868. The van der Waals surface area contributed by atoms with Gasteiger partial charge in [-0.2, -0.15) is 5.10 Å². The number of pyridine rings is 1. The highest BCUT2D eigenvalue weighted by molar-refractivity contribution is 6.05. The fourth-order valence-electron chi connectivity index (χ4n) is 8.81. The Hall–Kier alpha value is -5.50. The van der Waals surface area contributed by atoms with Crippen molar-refractivity contribution in [2.75, 3.05) is 44.0 Å². The molecule has 5 aromatic rings. The molecule has 3 fully saturated rings. The predicted molar refractivity (Wildman–Crippen MR) is 206 cm³/mol. The molecular weight excluding hydrogens is 686 g/mol. The van der Waals surface area contributed by atoms with Crippen LogP contribution in [0.2, 0.25) is 0 Å². The van der Waals surface area contributed by atoms with Gasteiger partial charge >= 0.3 is 5.69 Å². The van der Waals surface area contributed by atoms with Crippen LogP contribution in [0.4, 0.5) is 11.4 Å². The third kappa shape index (κ3) is 6.74. The number of benzene rings is 2. The average Bonchev–Trinajstić information content (AvgIpc) is 3.72. The zero-order valence-corrected chi connectivity index (χ0v) is 31.0. The summed E-state index contributed by atoms with van der Waals surface area (Å²) in [4.78, 5) is 59.8. The molecule has 2 aromatic carbocycles. The number of hydrogen-bond acceptors (Lipinski definition) is 9. The molecule has 3 amide bonds. The second-order valence-electron chi connectivity index (χ2n) is 15.0. The van der Waals surface area contributed by atoms with Crippen molar-refractivity contribution in [3.8, 4) is 5.75 Å². The molecule has 1 unspecified atom stereocenters. The third-order valence-corrected chi connectivity index (χ3v) is 11.8. The van der Waals surface area contributed by atoms with E-state index in [1.54, 1.807) is 47.7 Å². The summed E-state index contributed by atoms with van der Waals surface area (Å²) in [6, 6.07) is 15.1. The highest BCUT2D eigenvalue weighted by Crippen LogP contribution is 2.37. The SMILES string of the molecule is COc1cc2nn(C3CCC(CN(C)C4CCN(c5cccc6c5n(C)c(=O)n6C5CCC(=O)NC5=O)CC4)CC3)cc2cc1NC(=O)c1ccccn1. The smallest absolute Gasteiger partial charge is 0.329 e. The first kappa shape index (κ1) is 35.5. The first-order valence-corrected chi connectivity index (χ1v) is 19.0. The molecule has 5 heterocycles. The Morgan fingerprint density at radius 1 is 1.00 bits per heavy atom. The van der Waals surface area contributed by atoms with Gasteiger partial charge in [0.1, 0.15) is 17.5 Å². The Bertz CT molecular complexity index is 2260. The summed E-state index contributed by atoms with van der Waals surface area (Å²) in [7, 11) is 5.61. The van der Waals surface area contributed by atoms with E-state index >= 15 is 0 Å². The maximum Gasteiger partial charge on any atom is 0.329 e. The number of nitrogens with one attached hydrogen (secondary N) is 2. The Morgan fingerprint density at radius 3 is 2.52 bits per heavy atom. The van der Waals surface area contributed by atoms with Gasteiger partial charge in [0.15, 0.2) is 0 Å². The van der Waals surface area contributed by atoms with Crippen LogP contribution in [0.15, 0.2) is 65.7 Å². The standard InChI is InChI=1S/C40H47N9O5/c1-45(27-16-19-47(20-17-27)32-8-6-9-33-37(32)46(2)40(53)49(33)34-14-15-36(50)43-39(34)52)23-25-10-12-28(13-11-25)48-24-26-21-31(35(54-3)22-30(26)44-48)42-38(51)29-7-4-5-18-41-29/h4-9,18,21-22,24-25,27-28,34H,10-17,19-20,23H2,1-3H3,(H,42,51)(H,43,50,52). The van der Waals surface area contributed by atoms with Gasteiger partial charge in [-0.25, -0.2) is 4.79 Å². The number of para-hydroxylation sites is 1. The number of fused-ring (bicyclic) bond motifs is 2. The molecule has 8 rings (SSSR count). The molecule has 14 heteroatoms. The van der Waals surface area contributed by atoms with E-state index in [1.807, 2.05) is 24.3 Å². The molecule has 2 aliphatic heterocycles. The summed E-state index contributed by atoms with van der Waals surface area (Å²) in [6.07, 6.45) is 10.7. The number of carbonyl (C=O) groups is 3. The molecule has 2 saturated heterocycles. The maximum absolute atomic E-state index is 13.4. The lowest BCUT2D eigenvalue weighted by molar-refractivity contribution is -0.135. The Labute approximate surface area is 313 Å².